The van der Waals surface area contributed by atoms with Crippen LogP contribution in [0.3, 0.4) is 0 Å². The van der Waals surface area contributed by atoms with E-state index >= 15 is 0 Å². The normalized spacial score (nSPS) is 22.7. The third-order valence-corrected chi connectivity index (χ3v) is 6.16. The average Bonchev–Trinajstić information content (AvgIpc) is 3.32. The number of carbonyl (C=O) groups excluding carboxylic acids is 1. The van der Waals surface area contributed by atoms with Gasteiger partial charge in [0.25, 0.3) is 0 Å². The molecule has 156 valence electrons. The number of amides is 1. The average molecular weight is 409 g/mol. The van der Waals surface area contributed by atoms with Crippen LogP contribution in [0.2, 0.25) is 0 Å². The molecule has 5 rings (SSSR count). The van der Waals surface area contributed by atoms with Crippen LogP contribution in [0.25, 0.3) is 0 Å². The second kappa shape index (κ2) is 7.49. The van der Waals surface area contributed by atoms with Crippen LogP contribution in [0.1, 0.15) is 29.9 Å². The third kappa shape index (κ3) is 3.38. The number of piperidine rings is 1. The van der Waals surface area contributed by atoms with Crippen LogP contribution in [0.15, 0.2) is 41.4 Å². The number of carbonyl (C=O) groups is 1. The maximum Gasteiger partial charge on any atom is 0.237 e. The highest BCUT2D eigenvalue weighted by Gasteiger charge is 2.40. The van der Waals surface area contributed by atoms with Crippen molar-refractivity contribution in [2.45, 2.75) is 31.5 Å². The van der Waals surface area contributed by atoms with Crippen molar-refractivity contribution < 1.29 is 18.7 Å². The Morgan fingerprint density at radius 1 is 1.20 bits per heavy atom. The van der Waals surface area contributed by atoms with Crippen LogP contribution in [0, 0.1) is 12.7 Å². The molecule has 30 heavy (non-hydrogen) atoms. The lowest BCUT2D eigenvalue weighted by molar-refractivity contribution is -0.169. The number of anilines is 2. The molecule has 0 aliphatic carbocycles. The highest BCUT2D eigenvalue weighted by Crippen LogP contribution is 2.36. The zero-order chi connectivity index (χ0) is 20.7. The summed E-state index contributed by atoms with van der Waals surface area (Å²) in [5.74, 6) is -1.37. The summed E-state index contributed by atoms with van der Waals surface area (Å²) in [6.07, 6.45) is 3.05. The minimum Gasteiger partial charge on any atom is -0.369 e. The molecule has 0 bridgehead atoms. The van der Waals surface area contributed by atoms with Gasteiger partial charge in [0.1, 0.15) is 11.7 Å². The molecule has 1 unspecified atom stereocenters. The number of halogens is 1. The Morgan fingerprint density at radius 3 is 2.70 bits per heavy atom. The number of nitrogens with zero attached hydrogens (tertiary/aromatic N) is 2. The molecule has 6 nitrogen and oxygen atoms in total. The molecule has 3 heterocycles. The van der Waals surface area contributed by atoms with Gasteiger partial charge in [-0.05, 0) is 36.2 Å². The fraction of sp³-hybridized carbons (Fsp3) is 0.391. The predicted octanol–water partition coefficient (Wildman–Crippen LogP) is 3.92. The van der Waals surface area contributed by atoms with Crippen molar-refractivity contribution in [3.05, 3.63) is 53.3 Å². The van der Waals surface area contributed by atoms with Crippen molar-refractivity contribution in [1.29, 1.82) is 0 Å². The molecule has 0 saturated carbocycles. The van der Waals surface area contributed by atoms with Crippen molar-refractivity contribution in [3.63, 3.8) is 0 Å². The van der Waals surface area contributed by atoms with Crippen LogP contribution >= 0.6 is 0 Å². The summed E-state index contributed by atoms with van der Waals surface area (Å²) in [6.45, 7) is 4.59. The van der Waals surface area contributed by atoms with Crippen molar-refractivity contribution in [3.8, 4) is 0 Å². The molecule has 2 saturated heterocycles. The molecule has 1 atom stereocenters. The Bertz CT molecular complexity index is 1010. The molecule has 3 aliphatic heterocycles. The Balaban J connectivity index is 1.31. The Morgan fingerprint density at radius 2 is 1.97 bits per heavy atom. The van der Waals surface area contributed by atoms with E-state index in [2.05, 4.69) is 10.3 Å². The summed E-state index contributed by atoms with van der Waals surface area (Å²) in [6, 6.07) is 10.7. The number of nitrogens with one attached hydrogen (secondary N) is 1. The van der Waals surface area contributed by atoms with Crippen LogP contribution in [-0.2, 0) is 14.3 Å². The van der Waals surface area contributed by atoms with E-state index in [1.54, 1.807) is 18.3 Å². The molecule has 1 amide bonds. The largest absolute Gasteiger partial charge is 0.369 e. The minimum absolute atomic E-state index is 0.112. The van der Waals surface area contributed by atoms with E-state index in [1.807, 2.05) is 30.0 Å². The second-order valence-corrected chi connectivity index (χ2v) is 8.01. The molecule has 7 heteroatoms. The first-order chi connectivity index (χ1) is 14.5. The Hall–Kier alpha value is -2.77. The van der Waals surface area contributed by atoms with Crippen molar-refractivity contribution in [1.82, 2.24) is 0 Å². The number of hydrogen-bond acceptors (Lipinski definition) is 5. The zero-order valence-corrected chi connectivity index (χ0v) is 16.9. The number of rotatable bonds is 3. The topological polar surface area (TPSA) is 63.2 Å². The Labute approximate surface area is 174 Å². The van der Waals surface area contributed by atoms with Gasteiger partial charge in [0.15, 0.2) is 5.79 Å². The lowest BCUT2D eigenvalue weighted by atomic mass is 9.97. The van der Waals surface area contributed by atoms with Crippen molar-refractivity contribution in [2.75, 3.05) is 36.5 Å². The molecule has 2 fully saturated rings. The Kier molecular flexibility index (Phi) is 4.79. The lowest BCUT2D eigenvalue weighted by Crippen LogP contribution is -2.45. The predicted molar refractivity (Wildman–Crippen MR) is 113 cm³/mol. The number of hydrogen-bond donors (Lipinski definition) is 1. The van der Waals surface area contributed by atoms with Gasteiger partial charge in [-0.25, -0.2) is 4.39 Å². The van der Waals surface area contributed by atoms with Crippen LogP contribution < -0.4 is 10.2 Å². The quantitative estimate of drug-likeness (QED) is 0.781. The molecule has 1 N–H and O–H groups in total. The standard InChI is InChI=1S/C23H24FN3O3/c1-15-3-2-4-19-21(15)17(22(28)26-19)14-25-16-5-6-20(18(24)13-16)27-9-7-23(8-10-27)29-11-12-30-23/h2-6,13-14,17H,7-12H2,1H3,(H,26,28). The molecule has 1 spiro atoms. The van der Waals surface area contributed by atoms with Crippen LogP contribution in [0.5, 0.6) is 0 Å². The number of aryl methyl sites for hydroxylation is 1. The van der Waals surface area contributed by atoms with E-state index in [4.69, 9.17) is 9.47 Å². The molecule has 3 aliphatic rings. The third-order valence-electron chi connectivity index (χ3n) is 6.16. The number of fused-ring (bicyclic) bond motifs is 1. The summed E-state index contributed by atoms with van der Waals surface area (Å²) in [5, 5.41) is 2.88. The van der Waals surface area contributed by atoms with Gasteiger partial charge in [-0.1, -0.05) is 12.1 Å². The first-order valence-corrected chi connectivity index (χ1v) is 10.3. The first-order valence-electron chi connectivity index (χ1n) is 10.3. The first kappa shape index (κ1) is 19.2. The van der Waals surface area contributed by atoms with E-state index in [-0.39, 0.29) is 11.7 Å². The van der Waals surface area contributed by atoms with E-state index in [0.29, 0.717) is 37.7 Å². The summed E-state index contributed by atoms with van der Waals surface area (Å²) < 4.78 is 26.3. The number of aliphatic imine (C=N–C) groups is 1. The molecular weight excluding hydrogens is 385 g/mol. The van der Waals surface area contributed by atoms with Gasteiger partial charge in [0.2, 0.25) is 5.91 Å². The van der Waals surface area contributed by atoms with E-state index in [0.717, 1.165) is 29.7 Å². The maximum atomic E-state index is 14.8. The monoisotopic (exact) mass is 409 g/mol. The van der Waals surface area contributed by atoms with Crippen LogP contribution in [-0.4, -0.2) is 44.2 Å². The lowest BCUT2D eigenvalue weighted by Gasteiger charge is -2.38. The number of ether oxygens (including phenoxy) is 2. The summed E-state index contributed by atoms with van der Waals surface area (Å²) in [5.41, 5.74) is 3.82. The molecule has 2 aromatic carbocycles. The van der Waals surface area contributed by atoms with Gasteiger partial charge in [-0.2, -0.15) is 0 Å². The second-order valence-electron chi connectivity index (χ2n) is 8.01. The van der Waals surface area contributed by atoms with Gasteiger partial charge < -0.3 is 19.7 Å². The molecule has 0 radical (unpaired) electrons. The SMILES string of the molecule is Cc1cccc2c1C(C=Nc1ccc(N3CCC4(CC3)OCCO4)c(F)c1)C(=O)N2. The van der Waals surface area contributed by atoms with E-state index < -0.39 is 11.7 Å². The van der Waals surface area contributed by atoms with Crippen LogP contribution in [0.4, 0.5) is 21.5 Å². The molecule has 2 aromatic rings. The summed E-state index contributed by atoms with van der Waals surface area (Å²) in [4.78, 5) is 18.8. The zero-order valence-electron chi connectivity index (χ0n) is 16.9. The van der Waals surface area contributed by atoms with Gasteiger partial charge >= 0.3 is 0 Å². The van der Waals surface area contributed by atoms with Gasteiger partial charge in [-0.15, -0.1) is 0 Å². The molecule has 0 aromatic heterocycles. The highest BCUT2D eigenvalue weighted by molar-refractivity contribution is 6.13. The summed E-state index contributed by atoms with van der Waals surface area (Å²) in [7, 11) is 0. The van der Waals surface area contributed by atoms with Gasteiger partial charge in [0, 0.05) is 43.9 Å². The van der Waals surface area contributed by atoms with E-state index in [9.17, 15) is 9.18 Å². The van der Waals surface area contributed by atoms with Crippen molar-refractivity contribution in [2.24, 2.45) is 4.99 Å². The fourth-order valence-corrected chi connectivity index (χ4v) is 4.55. The van der Waals surface area contributed by atoms with Crippen molar-refractivity contribution >= 4 is 29.2 Å². The van der Waals surface area contributed by atoms with E-state index in [1.165, 1.54) is 6.07 Å². The fourth-order valence-electron chi connectivity index (χ4n) is 4.55. The molecular formula is C23H24FN3O3. The maximum absolute atomic E-state index is 14.8. The summed E-state index contributed by atoms with van der Waals surface area (Å²) >= 11 is 0. The smallest absolute Gasteiger partial charge is 0.237 e. The minimum atomic E-state index is -0.479. The van der Waals surface area contributed by atoms with Gasteiger partial charge in [-0.3, -0.25) is 9.79 Å². The number of benzene rings is 2. The highest BCUT2D eigenvalue weighted by atomic mass is 19.1. The van der Waals surface area contributed by atoms with Gasteiger partial charge in [0.05, 0.1) is 24.6 Å².